The highest BCUT2D eigenvalue weighted by Gasteiger charge is 2.36. The average Bonchev–Trinajstić information content (AvgIpc) is 2.92. The van der Waals surface area contributed by atoms with Crippen molar-refractivity contribution in [3.05, 3.63) is 23.9 Å². The molecule has 2 atom stereocenters. The SMILES string of the molecule is CNc1cc(C(=O)N2CC3CCCN3CC2C)ccn1. The van der Waals surface area contributed by atoms with E-state index >= 15 is 0 Å². The van der Waals surface area contributed by atoms with Gasteiger partial charge in [0.1, 0.15) is 5.82 Å². The van der Waals surface area contributed by atoms with Gasteiger partial charge in [0.25, 0.3) is 5.91 Å². The number of anilines is 1. The van der Waals surface area contributed by atoms with E-state index in [1.165, 1.54) is 19.4 Å². The monoisotopic (exact) mass is 274 g/mol. The third-order valence-electron chi connectivity index (χ3n) is 4.46. The topological polar surface area (TPSA) is 48.5 Å². The minimum absolute atomic E-state index is 0.128. The fraction of sp³-hybridized carbons (Fsp3) is 0.600. The van der Waals surface area contributed by atoms with Crippen molar-refractivity contribution in [2.24, 2.45) is 0 Å². The molecule has 20 heavy (non-hydrogen) atoms. The molecule has 5 nitrogen and oxygen atoms in total. The van der Waals surface area contributed by atoms with Crippen molar-refractivity contribution in [2.75, 3.05) is 32.0 Å². The summed E-state index contributed by atoms with van der Waals surface area (Å²) < 4.78 is 0. The van der Waals surface area contributed by atoms with Gasteiger partial charge in [0.05, 0.1) is 0 Å². The lowest BCUT2D eigenvalue weighted by Gasteiger charge is -2.42. The lowest BCUT2D eigenvalue weighted by atomic mass is 10.1. The van der Waals surface area contributed by atoms with Crippen molar-refractivity contribution in [3.63, 3.8) is 0 Å². The largest absolute Gasteiger partial charge is 0.373 e. The Bertz CT molecular complexity index is 504. The van der Waals surface area contributed by atoms with Crippen LogP contribution in [0.1, 0.15) is 30.1 Å². The van der Waals surface area contributed by atoms with Crippen LogP contribution in [0.5, 0.6) is 0 Å². The van der Waals surface area contributed by atoms with Crippen molar-refractivity contribution < 1.29 is 4.79 Å². The number of piperazine rings is 1. The van der Waals surface area contributed by atoms with Gasteiger partial charge in [0, 0.05) is 44.0 Å². The zero-order valence-electron chi connectivity index (χ0n) is 12.2. The third kappa shape index (κ3) is 2.38. The zero-order chi connectivity index (χ0) is 14.1. The van der Waals surface area contributed by atoms with Crippen molar-refractivity contribution in [2.45, 2.75) is 31.8 Å². The summed E-state index contributed by atoms with van der Waals surface area (Å²) in [6.07, 6.45) is 4.17. The number of aromatic nitrogens is 1. The highest BCUT2D eigenvalue weighted by atomic mass is 16.2. The normalized spacial score (nSPS) is 26.4. The summed E-state index contributed by atoms with van der Waals surface area (Å²) >= 11 is 0. The molecule has 0 saturated carbocycles. The van der Waals surface area contributed by atoms with Gasteiger partial charge < -0.3 is 10.2 Å². The standard InChI is InChI=1S/C15H22N4O/c1-11-9-18-7-3-4-13(18)10-19(11)15(20)12-5-6-17-14(8-12)16-2/h5-6,8,11,13H,3-4,7,9-10H2,1-2H3,(H,16,17). The molecule has 0 spiro atoms. The van der Waals surface area contributed by atoms with Gasteiger partial charge in [0.2, 0.25) is 0 Å². The molecular formula is C15H22N4O. The molecule has 2 fully saturated rings. The maximum atomic E-state index is 12.7. The molecule has 3 heterocycles. The molecule has 5 heteroatoms. The number of rotatable bonds is 2. The van der Waals surface area contributed by atoms with Crippen molar-refractivity contribution in [1.29, 1.82) is 0 Å². The second-order valence-corrected chi connectivity index (χ2v) is 5.78. The fourth-order valence-electron chi connectivity index (χ4n) is 3.34. The van der Waals surface area contributed by atoms with Gasteiger partial charge >= 0.3 is 0 Å². The number of amides is 1. The molecule has 1 aromatic rings. The smallest absolute Gasteiger partial charge is 0.254 e. The first-order valence-corrected chi connectivity index (χ1v) is 7.38. The Labute approximate surface area is 120 Å². The highest BCUT2D eigenvalue weighted by Crippen LogP contribution is 2.25. The molecule has 0 aliphatic carbocycles. The molecule has 3 rings (SSSR count). The van der Waals surface area contributed by atoms with E-state index in [0.29, 0.717) is 6.04 Å². The number of fused-ring (bicyclic) bond motifs is 1. The van der Waals surface area contributed by atoms with Crippen LogP contribution >= 0.6 is 0 Å². The van der Waals surface area contributed by atoms with Crippen molar-refractivity contribution in [1.82, 2.24) is 14.8 Å². The first-order valence-electron chi connectivity index (χ1n) is 7.38. The number of nitrogens with one attached hydrogen (secondary N) is 1. The van der Waals surface area contributed by atoms with Gasteiger partial charge in [-0.3, -0.25) is 9.69 Å². The first kappa shape index (κ1) is 13.4. The summed E-state index contributed by atoms with van der Waals surface area (Å²) in [6, 6.07) is 4.47. The second-order valence-electron chi connectivity index (χ2n) is 5.78. The van der Waals surface area contributed by atoms with Crippen LogP contribution in [0.25, 0.3) is 0 Å². The van der Waals surface area contributed by atoms with Crippen molar-refractivity contribution >= 4 is 11.7 Å². The van der Waals surface area contributed by atoms with E-state index in [1.54, 1.807) is 12.3 Å². The Kier molecular flexibility index (Phi) is 3.61. The zero-order valence-corrected chi connectivity index (χ0v) is 12.2. The number of nitrogens with zero attached hydrogens (tertiary/aromatic N) is 3. The maximum absolute atomic E-state index is 12.7. The summed E-state index contributed by atoms with van der Waals surface area (Å²) in [4.78, 5) is 21.4. The van der Waals surface area contributed by atoms with Gasteiger partial charge in [-0.15, -0.1) is 0 Å². The average molecular weight is 274 g/mol. The predicted molar refractivity (Wildman–Crippen MR) is 78.9 cm³/mol. The fourth-order valence-corrected chi connectivity index (χ4v) is 3.34. The molecule has 1 N–H and O–H groups in total. The first-order chi connectivity index (χ1) is 9.69. The molecule has 1 amide bonds. The Morgan fingerprint density at radius 1 is 1.45 bits per heavy atom. The number of pyridine rings is 1. The summed E-state index contributed by atoms with van der Waals surface area (Å²) in [6.45, 7) is 5.19. The predicted octanol–water partition coefficient (Wildman–Crippen LogP) is 1.43. The minimum Gasteiger partial charge on any atom is -0.373 e. The number of hydrogen-bond donors (Lipinski definition) is 1. The molecule has 2 aliphatic rings. The second kappa shape index (κ2) is 5.40. The number of hydrogen-bond acceptors (Lipinski definition) is 4. The van der Waals surface area contributed by atoms with Gasteiger partial charge in [0.15, 0.2) is 0 Å². The van der Waals surface area contributed by atoms with Crippen LogP contribution in [-0.2, 0) is 0 Å². The highest BCUT2D eigenvalue weighted by molar-refractivity contribution is 5.95. The van der Waals surface area contributed by atoms with E-state index in [9.17, 15) is 4.79 Å². The minimum atomic E-state index is 0.128. The van der Waals surface area contributed by atoms with Crippen LogP contribution in [0, 0.1) is 0 Å². The summed E-state index contributed by atoms with van der Waals surface area (Å²) in [7, 11) is 1.82. The Morgan fingerprint density at radius 2 is 2.30 bits per heavy atom. The van der Waals surface area contributed by atoms with Gasteiger partial charge in [-0.05, 0) is 38.4 Å². The molecule has 0 aromatic carbocycles. The van der Waals surface area contributed by atoms with Crippen molar-refractivity contribution in [3.8, 4) is 0 Å². The van der Waals surface area contributed by atoms with Crippen LogP contribution in [0.4, 0.5) is 5.82 Å². The van der Waals surface area contributed by atoms with Gasteiger partial charge in [-0.25, -0.2) is 4.98 Å². The molecular weight excluding hydrogens is 252 g/mol. The quantitative estimate of drug-likeness (QED) is 0.886. The molecule has 0 radical (unpaired) electrons. The number of carbonyl (C=O) groups is 1. The molecule has 1 aromatic heterocycles. The van der Waals surface area contributed by atoms with E-state index in [4.69, 9.17) is 0 Å². The van der Waals surface area contributed by atoms with E-state index in [-0.39, 0.29) is 11.9 Å². The lowest BCUT2D eigenvalue weighted by Crippen LogP contribution is -2.56. The Morgan fingerprint density at radius 3 is 3.10 bits per heavy atom. The maximum Gasteiger partial charge on any atom is 0.254 e. The molecule has 2 aliphatic heterocycles. The van der Waals surface area contributed by atoms with Gasteiger partial charge in [-0.1, -0.05) is 0 Å². The van der Waals surface area contributed by atoms with Crippen LogP contribution < -0.4 is 5.32 Å². The molecule has 2 unspecified atom stereocenters. The molecule has 0 bridgehead atoms. The van der Waals surface area contributed by atoms with Gasteiger partial charge in [-0.2, -0.15) is 0 Å². The van der Waals surface area contributed by atoms with E-state index < -0.39 is 0 Å². The Hall–Kier alpha value is -1.62. The summed E-state index contributed by atoms with van der Waals surface area (Å²) in [5.74, 6) is 0.867. The van der Waals surface area contributed by atoms with E-state index in [2.05, 4.69) is 22.1 Å². The van der Waals surface area contributed by atoms with Crippen LogP contribution in [0.3, 0.4) is 0 Å². The number of carbonyl (C=O) groups excluding carboxylic acids is 1. The Balaban J connectivity index is 1.78. The van der Waals surface area contributed by atoms with E-state index in [1.807, 2.05) is 18.0 Å². The van der Waals surface area contributed by atoms with Crippen LogP contribution in [0.2, 0.25) is 0 Å². The summed E-state index contributed by atoms with van der Waals surface area (Å²) in [5.41, 5.74) is 0.725. The molecule has 2 saturated heterocycles. The third-order valence-corrected chi connectivity index (χ3v) is 4.46. The van der Waals surface area contributed by atoms with E-state index in [0.717, 1.165) is 24.5 Å². The lowest BCUT2D eigenvalue weighted by molar-refractivity contribution is 0.0395. The molecule has 108 valence electrons. The van der Waals surface area contributed by atoms with Crippen LogP contribution in [0.15, 0.2) is 18.3 Å². The summed E-state index contributed by atoms with van der Waals surface area (Å²) in [5, 5.41) is 2.98. The van der Waals surface area contributed by atoms with Crippen LogP contribution in [-0.4, -0.2) is 59.5 Å².